The first-order chi connectivity index (χ1) is 11.3. The highest BCUT2D eigenvalue weighted by atomic mass is 16.4. The van der Waals surface area contributed by atoms with E-state index in [0.717, 1.165) is 6.08 Å². The van der Waals surface area contributed by atoms with Crippen molar-refractivity contribution in [2.24, 2.45) is 0 Å². The van der Waals surface area contributed by atoms with E-state index in [-0.39, 0.29) is 11.1 Å². The van der Waals surface area contributed by atoms with E-state index in [4.69, 9.17) is 5.11 Å². The molecule has 7 nitrogen and oxygen atoms in total. The maximum Gasteiger partial charge on any atom is 0.335 e. The minimum atomic E-state index is -1.11. The second-order valence-electron chi connectivity index (χ2n) is 5.03. The Morgan fingerprint density at radius 3 is 2.42 bits per heavy atom. The standard InChI is InChI=1S/C17H15NO6/c1-9-2-3-11(17(23)24)8-12(9)18-14(20)7-5-10-4-6-13(19)16(22)15(10)21/h2-8,19,21-22H,1H3,(H,18,20)(H,23,24). The van der Waals surface area contributed by atoms with Crippen molar-refractivity contribution in [2.45, 2.75) is 6.92 Å². The molecule has 24 heavy (non-hydrogen) atoms. The van der Waals surface area contributed by atoms with Gasteiger partial charge in [-0.2, -0.15) is 0 Å². The molecule has 0 heterocycles. The maximum absolute atomic E-state index is 11.9. The van der Waals surface area contributed by atoms with Crippen LogP contribution in [-0.4, -0.2) is 32.3 Å². The number of aryl methyl sites for hydroxylation is 1. The number of carbonyl (C=O) groups excluding carboxylic acids is 1. The number of nitrogens with one attached hydrogen (secondary N) is 1. The van der Waals surface area contributed by atoms with Crippen LogP contribution in [0.5, 0.6) is 17.2 Å². The van der Waals surface area contributed by atoms with E-state index in [1.54, 1.807) is 13.0 Å². The minimum Gasteiger partial charge on any atom is -0.504 e. The Labute approximate surface area is 137 Å². The molecule has 124 valence electrons. The van der Waals surface area contributed by atoms with Crippen molar-refractivity contribution >= 4 is 23.6 Å². The number of aromatic hydroxyl groups is 3. The Bertz CT molecular complexity index is 841. The molecule has 0 aliphatic rings. The van der Waals surface area contributed by atoms with Gasteiger partial charge in [-0.05, 0) is 42.8 Å². The van der Waals surface area contributed by atoms with E-state index in [1.807, 2.05) is 0 Å². The highest BCUT2D eigenvalue weighted by Crippen LogP contribution is 2.37. The van der Waals surface area contributed by atoms with Crippen LogP contribution in [0.4, 0.5) is 5.69 Å². The summed E-state index contributed by atoms with van der Waals surface area (Å²) in [5.41, 5.74) is 1.21. The number of hydrogen-bond donors (Lipinski definition) is 5. The zero-order valence-electron chi connectivity index (χ0n) is 12.6. The Morgan fingerprint density at radius 1 is 1.04 bits per heavy atom. The van der Waals surface area contributed by atoms with Gasteiger partial charge < -0.3 is 25.7 Å². The molecule has 5 N–H and O–H groups in total. The molecule has 0 unspecified atom stereocenters. The Balaban J connectivity index is 2.18. The predicted molar refractivity (Wildman–Crippen MR) is 87.2 cm³/mol. The van der Waals surface area contributed by atoms with Crippen LogP contribution in [0, 0.1) is 6.92 Å². The minimum absolute atomic E-state index is 0.0426. The van der Waals surface area contributed by atoms with Gasteiger partial charge in [0.15, 0.2) is 11.5 Å². The molecular formula is C17H15NO6. The van der Waals surface area contributed by atoms with Gasteiger partial charge in [-0.15, -0.1) is 0 Å². The van der Waals surface area contributed by atoms with Crippen LogP contribution in [0.3, 0.4) is 0 Å². The molecule has 0 aromatic heterocycles. The van der Waals surface area contributed by atoms with E-state index in [9.17, 15) is 24.9 Å². The monoisotopic (exact) mass is 329 g/mol. The molecule has 0 bridgehead atoms. The van der Waals surface area contributed by atoms with Gasteiger partial charge in [0.2, 0.25) is 11.7 Å². The van der Waals surface area contributed by atoms with Crippen LogP contribution >= 0.6 is 0 Å². The summed E-state index contributed by atoms with van der Waals surface area (Å²) in [7, 11) is 0. The van der Waals surface area contributed by atoms with E-state index in [1.165, 1.54) is 30.3 Å². The number of carbonyl (C=O) groups is 2. The molecule has 0 aliphatic heterocycles. The number of carboxylic acids is 1. The van der Waals surface area contributed by atoms with Crippen LogP contribution in [0.15, 0.2) is 36.4 Å². The van der Waals surface area contributed by atoms with Crippen molar-refractivity contribution in [3.8, 4) is 17.2 Å². The SMILES string of the molecule is Cc1ccc(C(=O)O)cc1NC(=O)C=Cc1ccc(O)c(O)c1O. The fourth-order valence-corrected chi connectivity index (χ4v) is 1.95. The summed E-state index contributed by atoms with van der Waals surface area (Å²) in [5, 5.41) is 39.8. The highest BCUT2D eigenvalue weighted by molar-refractivity contribution is 6.03. The normalized spacial score (nSPS) is 10.7. The second kappa shape index (κ2) is 6.74. The van der Waals surface area contributed by atoms with E-state index < -0.39 is 29.1 Å². The quantitative estimate of drug-likeness (QED) is 0.433. The number of anilines is 1. The summed E-state index contributed by atoms with van der Waals surface area (Å²) in [6.45, 7) is 1.72. The van der Waals surface area contributed by atoms with Crippen LogP contribution in [0.1, 0.15) is 21.5 Å². The lowest BCUT2D eigenvalue weighted by Crippen LogP contribution is -2.10. The number of benzene rings is 2. The van der Waals surface area contributed by atoms with Gasteiger partial charge >= 0.3 is 5.97 Å². The number of amides is 1. The molecule has 0 radical (unpaired) electrons. The van der Waals surface area contributed by atoms with Crippen LogP contribution in [-0.2, 0) is 4.79 Å². The summed E-state index contributed by atoms with van der Waals surface area (Å²) in [5.74, 6) is -3.36. The van der Waals surface area contributed by atoms with Crippen LogP contribution < -0.4 is 5.32 Å². The summed E-state index contributed by atoms with van der Waals surface area (Å²) in [6, 6.07) is 6.85. The second-order valence-corrected chi connectivity index (χ2v) is 5.03. The smallest absolute Gasteiger partial charge is 0.335 e. The number of aromatic carboxylic acids is 1. The van der Waals surface area contributed by atoms with Gasteiger partial charge in [0.05, 0.1) is 5.56 Å². The van der Waals surface area contributed by atoms with Crippen molar-refractivity contribution in [2.75, 3.05) is 5.32 Å². The van der Waals surface area contributed by atoms with Gasteiger partial charge in [-0.1, -0.05) is 6.07 Å². The van der Waals surface area contributed by atoms with Gasteiger partial charge in [0.25, 0.3) is 0 Å². The van der Waals surface area contributed by atoms with Gasteiger partial charge in [-0.25, -0.2) is 4.79 Å². The predicted octanol–water partition coefficient (Wildman–Crippen LogP) is 2.46. The lowest BCUT2D eigenvalue weighted by Gasteiger charge is -2.08. The number of hydrogen-bond acceptors (Lipinski definition) is 5. The summed E-state index contributed by atoms with van der Waals surface area (Å²) >= 11 is 0. The van der Waals surface area contributed by atoms with Gasteiger partial charge in [0.1, 0.15) is 0 Å². The Morgan fingerprint density at radius 2 is 1.75 bits per heavy atom. The first-order valence-corrected chi connectivity index (χ1v) is 6.86. The molecule has 2 aromatic carbocycles. The van der Waals surface area contributed by atoms with Gasteiger partial charge in [-0.3, -0.25) is 4.79 Å². The lowest BCUT2D eigenvalue weighted by molar-refractivity contribution is -0.111. The molecule has 0 aliphatic carbocycles. The van der Waals surface area contributed by atoms with E-state index >= 15 is 0 Å². The van der Waals surface area contributed by atoms with Crippen LogP contribution in [0.2, 0.25) is 0 Å². The molecule has 2 rings (SSSR count). The van der Waals surface area contributed by atoms with Crippen molar-refractivity contribution in [3.05, 3.63) is 53.1 Å². The fraction of sp³-hybridized carbons (Fsp3) is 0.0588. The molecule has 0 spiro atoms. The third kappa shape index (κ3) is 3.64. The molecule has 0 saturated carbocycles. The molecule has 0 atom stereocenters. The van der Waals surface area contributed by atoms with Crippen LogP contribution in [0.25, 0.3) is 6.08 Å². The first kappa shape index (κ1) is 16.9. The van der Waals surface area contributed by atoms with E-state index in [2.05, 4.69) is 5.32 Å². The molecule has 1 amide bonds. The molecule has 7 heteroatoms. The summed E-state index contributed by atoms with van der Waals surface area (Å²) in [4.78, 5) is 22.9. The van der Waals surface area contributed by atoms with Crippen molar-refractivity contribution < 1.29 is 30.0 Å². The van der Waals surface area contributed by atoms with Crippen molar-refractivity contribution in [3.63, 3.8) is 0 Å². The maximum atomic E-state index is 11.9. The zero-order chi connectivity index (χ0) is 17.9. The number of carboxylic acid groups (broad SMARTS) is 1. The third-order valence-corrected chi connectivity index (χ3v) is 3.32. The topological polar surface area (TPSA) is 127 Å². The number of phenolic OH excluding ortho intramolecular Hbond substituents is 3. The zero-order valence-corrected chi connectivity index (χ0v) is 12.6. The summed E-state index contributed by atoms with van der Waals surface area (Å²) in [6.07, 6.45) is 2.36. The Hall–Kier alpha value is -3.48. The molecule has 0 fully saturated rings. The lowest BCUT2D eigenvalue weighted by atomic mass is 10.1. The number of phenols is 3. The Kier molecular flexibility index (Phi) is 4.74. The highest BCUT2D eigenvalue weighted by Gasteiger charge is 2.10. The largest absolute Gasteiger partial charge is 0.504 e. The number of rotatable bonds is 4. The average molecular weight is 329 g/mol. The average Bonchev–Trinajstić information content (AvgIpc) is 2.54. The molecule has 0 saturated heterocycles. The molecular weight excluding hydrogens is 314 g/mol. The third-order valence-electron chi connectivity index (χ3n) is 3.32. The molecule has 2 aromatic rings. The summed E-state index contributed by atoms with van der Waals surface area (Å²) < 4.78 is 0. The fourth-order valence-electron chi connectivity index (χ4n) is 1.95. The van der Waals surface area contributed by atoms with Gasteiger partial charge in [0, 0.05) is 17.3 Å². The van der Waals surface area contributed by atoms with Crippen molar-refractivity contribution in [1.82, 2.24) is 0 Å². The van der Waals surface area contributed by atoms with Crippen molar-refractivity contribution in [1.29, 1.82) is 0 Å². The van der Waals surface area contributed by atoms with E-state index in [0.29, 0.717) is 11.3 Å². The first-order valence-electron chi connectivity index (χ1n) is 6.86.